The molecule has 1 atom stereocenters. The van der Waals surface area contributed by atoms with Gasteiger partial charge in [-0.2, -0.15) is 0 Å². The number of hydrogen-bond donors (Lipinski definition) is 2. The molecular formula is C17H16BrFN2O3. The summed E-state index contributed by atoms with van der Waals surface area (Å²) in [7, 11) is 0. The van der Waals surface area contributed by atoms with Gasteiger partial charge in [0.1, 0.15) is 11.6 Å². The molecule has 0 saturated heterocycles. The minimum atomic E-state index is -0.780. The van der Waals surface area contributed by atoms with Crippen LogP contribution in [0.5, 0.6) is 5.75 Å². The van der Waals surface area contributed by atoms with Crippen molar-refractivity contribution in [3.8, 4) is 5.75 Å². The first kappa shape index (κ1) is 17.9. The maximum atomic E-state index is 12.8. The van der Waals surface area contributed by atoms with Crippen LogP contribution in [0.3, 0.4) is 0 Å². The lowest BCUT2D eigenvalue weighted by Crippen LogP contribution is -2.47. The molecule has 2 amide bonds. The Bertz CT molecular complexity index is 705. The monoisotopic (exact) mass is 394 g/mol. The number of hydrogen-bond acceptors (Lipinski definition) is 3. The van der Waals surface area contributed by atoms with Gasteiger partial charge < -0.3 is 4.74 Å². The number of ether oxygens (including phenoxy) is 1. The Hall–Kier alpha value is -2.41. The minimum absolute atomic E-state index is 0.0303. The van der Waals surface area contributed by atoms with Crippen molar-refractivity contribution in [1.29, 1.82) is 0 Å². The van der Waals surface area contributed by atoms with E-state index in [2.05, 4.69) is 26.8 Å². The lowest BCUT2D eigenvalue weighted by atomic mass is 10.1. The molecule has 0 unspecified atom stereocenters. The Morgan fingerprint density at radius 1 is 1.08 bits per heavy atom. The summed E-state index contributed by atoms with van der Waals surface area (Å²) >= 11 is 3.31. The number of hydrazine groups is 1. The molecule has 0 radical (unpaired) electrons. The zero-order chi connectivity index (χ0) is 17.5. The second kappa shape index (κ2) is 8.44. The fourth-order valence-electron chi connectivity index (χ4n) is 1.84. The fraction of sp³-hybridized carbons (Fsp3) is 0.176. The smallest absolute Gasteiger partial charge is 0.279 e. The second-order valence-electron chi connectivity index (χ2n) is 5.05. The third kappa shape index (κ3) is 5.66. The Labute approximate surface area is 147 Å². The summed E-state index contributed by atoms with van der Waals surface area (Å²) in [6.45, 7) is 1.57. The molecule has 5 nitrogen and oxygen atoms in total. The van der Waals surface area contributed by atoms with Gasteiger partial charge in [0.25, 0.3) is 5.91 Å². The van der Waals surface area contributed by atoms with Crippen molar-refractivity contribution in [2.75, 3.05) is 0 Å². The van der Waals surface area contributed by atoms with Gasteiger partial charge in [-0.15, -0.1) is 0 Å². The van der Waals surface area contributed by atoms with Crippen molar-refractivity contribution in [3.63, 3.8) is 0 Å². The lowest BCUT2D eigenvalue weighted by Gasteiger charge is -2.15. The summed E-state index contributed by atoms with van der Waals surface area (Å²) in [4.78, 5) is 23.7. The molecule has 2 aromatic rings. The summed E-state index contributed by atoms with van der Waals surface area (Å²) in [6, 6.07) is 12.6. The molecule has 0 aliphatic carbocycles. The van der Waals surface area contributed by atoms with Crippen LogP contribution in [0.25, 0.3) is 0 Å². The number of carbonyl (C=O) groups is 2. The summed E-state index contributed by atoms with van der Waals surface area (Å²) < 4.78 is 19.2. The summed E-state index contributed by atoms with van der Waals surface area (Å²) in [6.07, 6.45) is -0.750. The third-order valence-electron chi connectivity index (χ3n) is 3.10. The van der Waals surface area contributed by atoms with Crippen molar-refractivity contribution in [3.05, 3.63) is 64.4 Å². The quantitative estimate of drug-likeness (QED) is 0.766. The number of carbonyl (C=O) groups excluding carboxylic acids is 2. The zero-order valence-electron chi connectivity index (χ0n) is 12.9. The topological polar surface area (TPSA) is 67.4 Å². The van der Waals surface area contributed by atoms with Gasteiger partial charge in [0, 0.05) is 4.47 Å². The largest absolute Gasteiger partial charge is 0.481 e. The van der Waals surface area contributed by atoms with Crippen LogP contribution in [-0.4, -0.2) is 17.9 Å². The van der Waals surface area contributed by atoms with Gasteiger partial charge in [-0.05, 0) is 48.9 Å². The highest BCUT2D eigenvalue weighted by Crippen LogP contribution is 2.17. The van der Waals surface area contributed by atoms with Crippen molar-refractivity contribution < 1.29 is 18.7 Å². The van der Waals surface area contributed by atoms with Crippen LogP contribution in [0.2, 0.25) is 0 Å². The maximum absolute atomic E-state index is 12.8. The van der Waals surface area contributed by atoms with Crippen LogP contribution in [0.4, 0.5) is 4.39 Å². The normalized spacial score (nSPS) is 11.5. The summed E-state index contributed by atoms with van der Waals surface area (Å²) in [5.41, 5.74) is 5.24. The highest BCUT2D eigenvalue weighted by atomic mass is 79.9. The highest BCUT2D eigenvalue weighted by Gasteiger charge is 2.15. The Balaban J connectivity index is 1.77. The molecule has 0 aromatic heterocycles. The molecule has 0 heterocycles. The molecule has 2 N–H and O–H groups in total. The van der Waals surface area contributed by atoms with E-state index in [1.807, 2.05) is 0 Å². The minimum Gasteiger partial charge on any atom is -0.481 e. The van der Waals surface area contributed by atoms with Crippen LogP contribution in [0, 0.1) is 5.82 Å². The van der Waals surface area contributed by atoms with E-state index in [4.69, 9.17) is 4.74 Å². The SMILES string of the molecule is C[C@@H](Oc1ccc(Br)cc1)C(=O)NNC(=O)Cc1ccc(F)cc1. The van der Waals surface area contributed by atoms with Crippen LogP contribution >= 0.6 is 15.9 Å². The van der Waals surface area contributed by atoms with E-state index in [1.54, 1.807) is 31.2 Å². The fourth-order valence-corrected chi connectivity index (χ4v) is 2.10. The molecule has 0 aliphatic rings. The molecule has 7 heteroatoms. The predicted molar refractivity (Wildman–Crippen MR) is 90.6 cm³/mol. The standard InChI is InChI=1S/C17H16BrFN2O3/c1-11(24-15-8-4-13(18)5-9-15)17(23)21-20-16(22)10-12-2-6-14(19)7-3-12/h2-9,11H,10H2,1H3,(H,20,22)(H,21,23)/t11-/m1/s1. The third-order valence-corrected chi connectivity index (χ3v) is 3.63. The average Bonchev–Trinajstić information content (AvgIpc) is 2.57. The number of amides is 2. The van der Waals surface area contributed by atoms with E-state index in [1.165, 1.54) is 24.3 Å². The van der Waals surface area contributed by atoms with E-state index in [-0.39, 0.29) is 12.2 Å². The van der Waals surface area contributed by atoms with Crippen molar-refractivity contribution in [2.24, 2.45) is 0 Å². The number of halogens is 2. The first-order chi connectivity index (χ1) is 11.4. The van der Waals surface area contributed by atoms with Crippen LogP contribution < -0.4 is 15.6 Å². The zero-order valence-corrected chi connectivity index (χ0v) is 14.5. The molecule has 0 fully saturated rings. The molecular weight excluding hydrogens is 379 g/mol. The Kier molecular flexibility index (Phi) is 6.31. The number of rotatable bonds is 5. The van der Waals surface area contributed by atoms with Gasteiger partial charge in [-0.25, -0.2) is 4.39 Å². The van der Waals surface area contributed by atoms with E-state index < -0.39 is 17.9 Å². The van der Waals surface area contributed by atoms with Crippen LogP contribution in [0.15, 0.2) is 53.0 Å². The van der Waals surface area contributed by atoms with Gasteiger partial charge >= 0.3 is 0 Å². The van der Waals surface area contributed by atoms with Crippen LogP contribution in [0.1, 0.15) is 12.5 Å². The van der Waals surface area contributed by atoms with Crippen molar-refractivity contribution in [2.45, 2.75) is 19.4 Å². The van der Waals surface area contributed by atoms with Crippen LogP contribution in [-0.2, 0) is 16.0 Å². The molecule has 2 aromatic carbocycles. The van der Waals surface area contributed by atoms with Gasteiger partial charge in [0.05, 0.1) is 6.42 Å². The number of nitrogens with one attached hydrogen (secondary N) is 2. The van der Waals surface area contributed by atoms with E-state index in [9.17, 15) is 14.0 Å². The van der Waals surface area contributed by atoms with E-state index >= 15 is 0 Å². The van der Waals surface area contributed by atoms with Gasteiger partial charge in [0.15, 0.2) is 6.10 Å². The number of benzene rings is 2. The first-order valence-corrected chi connectivity index (χ1v) is 7.98. The van der Waals surface area contributed by atoms with Crippen molar-refractivity contribution in [1.82, 2.24) is 10.9 Å². The van der Waals surface area contributed by atoms with Gasteiger partial charge in [0.2, 0.25) is 5.91 Å². The Morgan fingerprint density at radius 2 is 1.71 bits per heavy atom. The molecule has 126 valence electrons. The average molecular weight is 395 g/mol. The lowest BCUT2D eigenvalue weighted by molar-refractivity contribution is -0.132. The molecule has 0 saturated carbocycles. The van der Waals surface area contributed by atoms with Gasteiger partial charge in [-0.1, -0.05) is 28.1 Å². The van der Waals surface area contributed by atoms with Gasteiger partial charge in [-0.3, -0.25) is 20.4 Å². The predicted octanol–water partition coefficient (Wildman–Crippen LogP) is 2.75. The highest BCUT2D eigenvalue weighted by molar-refractivity contribution is 9.10. The Morgan fingerprint density at radius 3 is 2.33 bits per heavy atom. The molecule has 24 heavy (non-hydrogen) atoms. The summed E-state index contributed by atoms with van der Waals surface area (Å²) in [5, 5.41) is 0. The molecule has 0 aliphatic heterocycles. The molecule has 2 rings (SSSR count). The van der Waals surface area contributed by atoms with Crippen molar-refractivity contribution >= 4 is 27.7 Å². The first-order valence-electron chi connectivity index (χ1n) is 7.19. The molecule has 0 bridgehead atoms. The second-order valence-corrected chi connectivity index (χ2v) is 5.97. The van der Waals surface area contributed by atoms with E-state index in [0.29, 0.717) is 11.3 Å². The molecule has 0 spiro atoms. The summed E-state index contributed by atoms with van der Waals surface area (Å²) in [5.74, 6) is -0.721. The maximum Gasteiger partial charge on any atom is 0.279 e. The van der Waals surface area contributed by atoms with E-state index in [0.717, 1.165) is 4.47 Å².